The van der Waals surface area contributed by atoms with E-state index in [0.29, 0.717) is 11.3 Å². The molecule has 6 heteroatoms. The van der Waals surface area contributed by atoms with Crippen LogP contribution in [0.3, 0.4) is 0 Å². The molecule has 2 aliphatic rings. The Morgan fingerprint density at radius 2 is 1.79 bits per heavy atom. The molecule has 0 spiro atoms. The van der Waals surface area contributed by atoms with E-state index in [1.165, 1.54) is 5.56 Å². The van der Waals surface area contributed by atoms with E-state index in [9.17, 15) is 9.59 Å². The molecule has 29 heavy (non-hydrogen) atoms. The van der Waals surface area contributed by atoms with Crippen molar-refractivity contribution in [2.45, 2.75) is 11.8 Å². The molecule has 1 aliphatic carbocycles. The van der Waals surface area contributed by atoms with Gasteiger partial charge in [0.2, 0.25) is 11.3 Å². The molecule has 1 aliphatic heterocycles. The van der Waals surface area contributed by atoms with Crippen LogP contribution < -0.4 is 16.5 Å². The van der Waals surface area contributed by atoms with Gasteiger partial charge in [-0.15, -0.1) is 0 Å². The zero-order valence-corrected chi connectivity index (χ0v) is 16.5. The number of carbonyl (C=O) groups is 1. The Kier molecular flexibility index (Phi) is 5.64. The predicted octanol–water partition coefficient (Wildman–Crippen LogP) is 3.83. The quantitative estimate of drug-likeness (QED) is 0.427. The predicted molar refractivity (Wildman–Crippen MR) is 120 cm³/mol. The number of carbonyl (C=O) groups excluding carboxylic acids is 1. The Morgan fingerprint density at radius 3 is 2.62 bits per heavy atom. The van der Waals surface area contributed by atoms with Crippen LogP contribution in [-0.2, 0) is 10.5 Å². The Balaban J connectivity index is 1.46. The van der Waals surface area contributed by atoms with Crippen molar-refractivity contribution in [2.24, 2.45) is 5.73 Å². The van der Waals surface area contributed by atoms with Crippen molar-refractivity contribution < 1.29 is 4.79 Å². The number of anilines is 1. The normalized spacial score (nSPS) is 12.2. The van der Waals surface area contributed by atoms with Crippen molar-refractivity contribution in [1.82, 2.24) is 4.98 Å². The topological polar surface area (TPSA) is 88.0 Å². The molecule has 2 aromatic rings. The number of amides is 1. The summed E-state index contributed by atoms with van der Waals surface area (Å²) in [6, 6.07) is 22.4. The van der Waals surface area contributed by atoms with Crippen LogP contribution >= 0.6 is 11.8 Å². The van der Waals surface area contributed by atoms with E-state index in [0.717, 1.165) is 22.3 Å². The third kappa shape index (κ3) is 4.34. The maximum Gasteiger partial charge on any atom is 0.242 e. The molecular formula is C23H21N3O2S. The number of nitrogens with one attached hydrogen (secondary N) is 2. The highest BCUT2D eigenvalue weighted by Gasteiger charge is 2.17. The van der Waals surface area contributed by atoms with Gasteiger partial charge < -0.3 is 16.0 Å². The number of fused-ring (bicyclic) bond motifs is 2. The standard InChI is InChI=1S/C23H21N3O2S/c24-18(14-29-13-15-6-2-1-3-7-15)23(28)26-21-11-10-20-17(22(21)27)12-16-8-4-5-9-19(16)25-20/h1-12,18,25H,13-14,24H2,(H,26,28)/t18-/m0/s1. The SMILES string of the molecule is N[C@@H](CSCc1ccccc1)C(=O)Nc1ccc2[nH]c3ccccc3cc-2c1=O. The lowest BCUT2D eigenvalue weighted by Crippen LogP contribution is -2.38. The van der Waals surface area contributed by atoms with Crippen LogP contribution in [0.1, 0.15) is 5.56 Å². The molecule has 1 atom stereocenters. The van der Waals surface area contributed by atoms with Crippen molar-refractivity contribution in [3.05, 3.63) is 88.6 Å². The number of rotatable bonds is 6. The fraction of sp³-hybridized carbons (Fsp3) is 0.130. The number of nitrogens with two attached hydrogens (primary N) is 1. The van der Waals surface area contributed by atoms with Gasteiger partial charge >= 0.3 is 0 Å². The van der Waals surface area contributed by atoms with Gasteiger partial charge in [0.1, 0.15) is 0 Å². The third-order valence-corrected chi connectivity index (χ3v) is 5.86. The third-order valence-electron chi connectivity index (χ3n) is 4.73. The molecule has 0 radical (unpaired) electrons. The Labute approximate surface area is 172 Å². The number of hydrogen-bond acceptors (Lipinski definition) is 4. The highest BCUT2D eigenvalue weighted by atomic mass is 32.2. The van der Waals surface area contributed by atoms with Crippen molar-refractivity contribution in [3.8, 4) is 11.3 Å². The summed E-state index contributed by atoms with van der Waals surface area (Å²) >= 11 is 1.59. The van der Waals surface area contributed by atoms with Crippen LogP contribution in [0.25, 0.3) is 22.2 Å². The molecule has 0 unspecified atom stereocenters. The average molecular weight is 404 g/mol. The van der Waals surface area contributed by atoms with Gasteiger partial charge in [0, 0.05) is 28.3 Å². The summed E-state index contributed by atoms with van der Waals surface area (Å²) in [4.78, 5) is 28.6. The minimum Gasteiger partial charge on any atom is -0.354 e. The highest BCUT2D eigenvalue weighted by molar-refractivity contribution is 7.98. The second kappa shape index (κ2) is 8.51. The van der Waals surface area contributed by atoms with E-state index >= 15 is 0 Å². The number of H-pyrrole nitrogens is 1. The lowest BCUT2D eigenvalue weighted by molar-refractivity contribution is -0.116. The minimum absolute atomic E-state index is 0.220. The molecule has 146 valence electrons. The molecule has 4 N–H and O–H groups in total. The minimum atomic E-state index is -0.693. The highest BCUT2D eigenvalue weighted by Crippen LogP contribution is 2.23. The van der Waals surface area contributed by atoms with E-state index in [4.69, 9.17) is 5.73 Å². The van der Waals surface area contributed by atoms with E-state index in [1.807, 2.05) is 60.7 Å². The summed E-state index contributed by atoms with van der Waals surface area (Å²) in [6.07, 6.45) is 0. The van der Waals surface area contributed by atoms with Gasteiger partial charge in [0.15, 0.2) is 0 Å². The number of aromatic amines is 1. The molecule has 0 fully saturated rings. The first-order valence-electron chi connectivity index (χ1n) is 9.35. The van der Waals surface area contributed by atoms with Crippen LogP contribution in [0.2, 0.25) is 0 Å². The summed E-state index contributed by atoms with van der Waals surface area (Å²) in [6.45, 7) is 0. The van der Waals surface area contributed by atoms with Crippen molar-refractivity contribution in [2.75, 3.05) is 11.1 Å². The summed E-state index contributed by atoms with van der Waals surface area (Å²) in [5, 5.41) is 3.63. The van der Waals surface area contributed by atoms with E-state index in [-0.39, 0.29) is 17.0 Å². The first-order chi connectivity index (χ1) is 14.1. The van der Waals surface area contributed by atoms with E-state index in [1.54, 1.807) is 23.9 Å². The maximum atomic E-state index is 12.8. The van der Waals surface area contributed by atoms with Crippen LogP contribution in [0.5, 0.6) is 0 Å². The second-order valence-electron chi connectivity index (χ2n) is 6.86. The lowest BCUT2D eigenvalue weighted by atomic mass is 10.0. The molecule has 0 aromatic heterocycles. The van der Waals surface area contributed by atoms with Crippen LogP contribution in [0.4, 0.5) is 5.69 Å². The zero-order valence-electron chi connectivity index (χ0n) is 15.7. The monoisotopic (exact) mass is 403 g/mol. The van der Waals surface area contributed by atoms with Gasteiger partial charge in [-0.05, 0) is 35.2 Å². The average Bonchev–Trinajstić information content (AvgIpc) is 2.75. The number of hydrogen-bond donors (Lipinski definition) is 3. The molecule has 0 saturated heterocycles. The zero-order chi connectivity index (χ0) is 20.2. The first-order valence-corrected chi connectivity index (χ1v) is 10.5. The number of aromatic nitrogens is 1. The van der Waals surface area contributed by atoms with Gasteiger partial charge in [-0.3, -0.25) is 9.59 Å². The number of para-hydroxylation sites is 1. The van der Waals surface area contributed by atoms with Crippen molar-refractivity contribution >= 4 is 34.3 Å². The van der Waals surface area contributed by atoms with Crippen LogP contribution in [0.15, 0.2) is 77.6 Å². The van der Waals surface area contributed by atoms with Crippen molar-refractivity contribution in [1.29, 1.82) is 0 Å². The summed E-state index contributed by atoms with van der Waals surface area (Å²) in [5.74, 6) is 0.904. The molecular weight excluding hydrogens is 382 g/mol. The molecule has 0 bridgehead atoms. The summed E-state index contributed by atoms with van der Waals surface area (Å²) in [7, 11) is 0. The molecule has 4 rings (SSSR count). The molecule has 0 saturated carbocycles. The van der Waals surface area contributed by atoms with Gasteiger partial charge in [0.05, 0.1) is 11.7 Å². The summed E-state index contributed by atoms with van der Waals surface area (Å²) < 4.78 is 0. The van der Waals surface area contributed by atoms with E-state index in [2.05, 4.69) is 10.3 Å². The van der Waals surface area contributed by atoms with Crippen molar-refractivity contribution in [3.63, 3.8) is 0 Å². The fourth-order valence-electron chi connectivity index (χ4n) is 3.17. The van der Waals surface area contributed by atoms with Gasteiger partial charge in [-0.2, -0.15) is 11.8 Å². The number of benzene rings is 3. The molecule has 1 amide bonds. The summed E-state index contributed by atoms with van der Waals surface area (Å²) in [5.41, 5.74) is 9.45. The first kappa shape index (κ1) is 19.2. The number of thioether (sulfide) groups is 1. The Morgan fingerprint density at radius 1 is 1.03 bits per heavy atom. The maximum absolute atomic E-state index is 12.8. The largest absolute Gasteiger partial charge is 0.354 e. The van der Waals surface area contributed by atoms with Gasteiger partial charge in [0.25, 0.3) is 0 Å². The van der Waals surface area contributed by atoms with E-state index < -0.39 is 6.04 Å². The second-order valence-corrected chi connectivity index (χ2v) is 7.89. The Bertz CT molecular complexity index is 1170. The molecule has 1 heterocycles. The smallest absolute Gasteiger partial charge is 0.242 e. The molecule has 2 aromatic carbocycles. The fourth-order valence-corrected chi connectivity index (χ4v) is 4.12. The van der Waals surface area contributed by atoms with Crippen LogP contribution in [-0.4, -0.2) is 22.7 Å². The Hall–Kier alpha value is -3.09. The lowest BCUT2D eigenvalue weighted by Gasteiger charge is -2.14. The molecule has 5 nitrogen and oxygen atoms in total. The van der Waals surface area contributed by atoms with Gasteiger partial charge in [-0.25, -0.2) is 0 Å². The van der Waals surface area contributed by atoms with Crippen LogP contribution in [0, 0.1) is 0 Å². The number of pyridine rings is 1. The van der Waals surface area contributed by atoms with Gasteiger partial charge in [-0.1, -0.05) is 48.5 Å².